The van der Waals surface area contributed by atoms with Gasteiger partial charge in [0.05, 0.1) is 15.5 Å². The van der Waals surface area contributed by atoms with E-state index in [1.165, 1.54) is 15.7 Å². The average molecular weight is 423 g/mol. The Labute approximate surface area is 167 Å². The van der Waals surface area contributed by atoms with Crippen molar-refractivity contribution >= 4 is 25.7 Å². The van der Waals surface area contributed by atoms with Gasteiger partial charge in [0.15, 0.2) is 0 Å². The van der Waals surface area contributed by atoms with Crippen LogP contribution in [-0.4, -0.2) is 41.3 Å². The van der Waals surface area contributed by atoms with Crippen molar-refractivity contribution in [2.75, 3.05) is 24.4 Å². The predicted molar refractivity (Wildman–Crippen MR) is 111 cm³/mol. The zero-order chi connectivity index (χ0) is 20.7. The average Bonchev–Trinajstić information content (AvgIpc) is 3.17. The fourth-order valence-electron chi connectivity index (χ4n) is 3.64. The van der Waals surface area contributed by atoms with Crippen LogP contribution in [-0.2, 0) is 20.0 Å². The minimum absolute atomic E-state index is 0.168. The van der Waals surface area contributed by atoms with Gasteiger partial charge in [-0.2, -0.15) is 4.31 Å². The topological polar surface area (TPSA) is 74.8 Å². The summed E-state index contributed by atoms with van der Waals surface area (Å²) < 4.78 is 55.0. The van der Waals surface area contributed by atoms with Crippen LogP contribution in [0.3, 0.4) is 0 Å². The summed E-state index contributed by atoms with van der Waals surface area (Å²) >= 11 is 0. The second kappa shape index (κ2) is 7.50. The van der Waals surface area contributed by atoms with Crippen LogP contribution in [0.25, 0.3) is 0 Å². The number of anilines is 1. The van der Waals surface area contributed by atoms with E-state index < -0.39 is 20.0 Å². The first-order chi connectivity index (χ1) is 13.1. The van der Waals surface area contributed by atoms with Gasteiger partial charge < -0.3 is 0 Å². The van der Waals surface area contributed by atoms with Gasteiger partial charge in [-0.3, -0.25) is 4.31 Å². The van der Waals surface area contributed by atoms with Crippen molar-refractivity contribution in [1.29, 1.82) is 0 Å². The minimum atomic E-state index is -3.81. The molecule has 28 heavy (non-hydrogen) atoms. The van der Waals surface area contributed by atoms with Crippen molar-refractivity contribution in [3.8, 4) is 0 Å². The summed E-state index contributed by atoms with van der Waals surface area (Å²) in [4.78, 5) is 0.341. The monoisotopic (exact) mass is 422 g/mol. The molecule has 0 unspecified atom stereocenters. The summed E-state index contributed by atoms with van der Waals surface area (Å²) in [5.41, 5.74) is 2.52. The Hall–Kier alpha value is -1.90. The third-order valence-corrected chi connectivity index (χ3v) is 9.07. The van der Waals surface area contributed by atoms with Gasteiger partial charge in [0, 0.05) is 20.1 Å². The first-order valence-corrected chi connectivity index (χ1v) is 12.1. The molecule has 1 saturated heterocycles. The van der Waals surface area contributed by atoms with Gasteiger partial charge in [-0.25, -0.2) is 16.8 Å². The lowest BCUT2D eigenvalue weighted by atomic mass is 10.1. The molecule has 0 N–H and O–H groups in total. The SMILES string of the molecule is Cc1ccc(S(=O)(=O)N(C)c2c(C)ccc(S(=O)(=O)N3CCCC3)c2C)cc1. The highest BCUT2D eigenvalue weighted by Crippen LogP contribution is 2.34. The lowest BCUT2D eigenvalue weighted by molar-refractivity contribution is 0.477. The van der Waals surface area contributed by atoms with E-state index in [2.05, 4.69) is 0 Å². The molecule has 1 heterocycles. The normalized spacial score (nSPS) is 15.7. The molecule has 0 radical (unpaired) electrons. The van der Waals surface area contributed by atoms with Crippen LogP contribution in [0.15, 0.2) is 46.2 Å². The standard InChI is InChI=1S/C20H26N2O4S2/c1-15-7-10-18(11-8-15)27(23,24)21(4)20-16(2)9-12-19(17(20)3)28(25,26)22-13-5-6-14-22/h7-12H,5-6,13-14H2,1-4H3. The van der Waals surface area contributed by atoms with Crippen LogP contribution in [0.4, 0.5) is 5.69 Å². The molecule has 0 aliphatic carbocycles. The van der Waals surface area contributed by atoms with Crippen molar-refractivity contribution in [2.24, 2.45) is 0 Å². The Balaban J connectivity index is 2.10. The van der Waals surface area contributed by atoms with Crippen molar-refractivity contribution in [3.63, 3.8) is 0 Å². The van der Waals surface area contributed by atoms with E-state index in [-0.39, 0.29) is 9.79 Å². The van der Waals surface area contributed by atoms with Gasteiger partial charge in [-0.15, -0.1) is 0 Å². The van der Waals surface area contributed by atoms with Gasteiger partial charge in [0.2, 0.25) is 10.0 Å². The van der Waals surface area contributed by atoms with Gasteiger partial charge >= 0.3 is 0 Å². The maximum Gasteiger partial charge on any atom is 0.264 e. The molecule has 0 aromatic heterocycles. The fourth-order valence-corrected chi connectivity index (χ4v) is 6.70. The highest BCUT2D eigenvalue weighted by atomic mass is 32.2. The molecular formula is C20H26N2O4S2. The Bertz CT molecular complexity index is 1090. The Morgan fingerprint density at radius 3 is 2.00 bits per heavy atom. The van der Waals surface area contributed by atoms with Crippen molar-refractivity contribution in [2.45, 2.75) is 43.4 Å². The molecule has 1 fully saturated rings. The summed E-state index contributed by atoms with van der Waals surface area (Å²) in [6.07, 6.45) is 1.69. The van der Waals surface area contributed by atoms with E-state index >= 15 is 0 Å². The van der Waals surface area contributed by atoms with Gasteiger partial charge in [-0.05, 0) is 62.9 Å². The van der Waals surface area contributed by atoms with Crippen LogP contribution < -0.4 is 4.31 Å². The molecule has 0 bridgehead atoms. The van der Waals surface area contributed by atoms with Crippen LogP contribution in [0, 0.1) is 20.8 Å². The summed E-state index contributed by atoms with van der Waals surface area (Å²) in [5, 5.41) is 0. The molecule has 0 spiro atoms. The lowest BCUT2D eigenvalue weighted by Gasteiger charge is -2.26. The third kappa shape index (κ3) is 3.56. The van der Waals surface area contributed by atoms with Crippen LogP contribution >= 0.6 is 0 Å². The van der Waals surface area contributed by atoms with Crippen LogP contribution in [0.1, 0.15) is 29.5 Å². The quantitative estimate of drug-likeness (QED) is 0.741. The van der Waals surface area contributed by atoms with Crippen LogP contribution in [0.5, 0.6) is 0 Å². The number of hydrogen-bond donors (Lipinski definition) is 0. The Kier molecular flexibility index (Phi) is 5.58. The second-order valence-electron chi connectivity index (χ2n) is 7.25. The molecule has 2 aromatic rings. The van der Waals surface area contributed by atoms with E-state index in [0.717, 1.165) is 18.4 Å². The van der Waals surface area contributed by atoms with E-state index in [1.54, 1.807) is 50.2 Å². The molecule has 6 nitrogen and oxygen atoms in total. The molecule has 2 aromatic carbocycles. The molecule has 0 amide bonds. The number of rotatable bonds is 5. The Morgan fingerprint density at radius 1 is 0.857 bits per heavy atom. The summed E-state index contributed by atoms with van der Waals surface area (Å²) in [6.45, 7) is 6.36. The molecule has 0 saturated carbocycles. The molecule has 1 aliphatic heterocycles. The number of aryl methyl sites for hydroxylation is 2. The number of hydrogen-bond acceptors (Lipinski definition) is 4. The smallest absolute Gasteiger partial charge is 0.264 e. The molecule has 0 atom stereocenters. The summed E-state index contributed by atoms with van der Waals surface area (Å²) in [6, 6.07) is 9.87. The van der Waals surface area contributed by atoms with Crippen molar-refractivity contribution < 1.29 is 16.8 Å². The van der Waals surface area contributed by atoms with Crippen LogP contribution in [0.2, 0.25) is 0 Å². The minimum Gasteiger partial charge on any atom is -0.269 e. The zero-order valence-corrected chi connectivity index (χ0v) is 18.3. The highest BCUT2D eigenvalue weighted by Gasteiger charge is 2.32. The largest absolute Gasteiger partial charge is 0.269 e. The van der Waals surface area contributed by atoms with Gasteiger partial charge in [-0.1, -0.05) is 23.8 Å². The number of nitrogens with zero attached hydrogens (tertiary/aromatic N) is 2. The number of sulfonamides is 2. The molecule has 152 valence electrons. The molecule has 1 aliphatic rings. The Morgan fingerprint density at radius 2 is 1.43 bits per heavy atom. The first kappa shape index (κ1) is 20.8. The lowest BCUT2D eigenvalue weighted by Crippen LogP contribution is -2.31. The van der Waals surface area contributed by atoms with E-state index in [9.17, 15) is 16.8 Å². The highest BCUT2D eigenvalue weighted by molar-refractivity contribution is 7.92. The van der Waals surface area contributed by atoms with Gasteiger partial charge in [0.25, 0.3) is 10.0 Å². The molecule has 3 rings (SSSR count). The first-order valence-electron chi connectivity index (χ1n) is 9.23. The maximum absolute atomic E-state index is 13.1. The molecule has 8 heteroatoms. The van der Waals surface area contributed by atoms with E-state index in [1.807, 2.05) is 6.92 Å². The summed E-state index contributed by atoms with van der Waals surface area (Å²) in [7, 11) is -5.99. The second-order valence-corrected chi connectivity index (χ2v) is 11.1. The fraction of sp³-hybridized carbons (Fsp3) is 0.400. The van der Waals surface area contributed by atoms with Crippen molar-refractivity contribution in [3.05, 3.63) is 53.1 Å². The van der Waals surface area contributed by atoms with E-state index in [4.69, 9.17) is 0 Å². The predicted octanol–water partition coefficient (Wildman–Crippen LogP) is 3.22. The zero-order valence-electron chi connectivity index (χ0n) is 16.6. The third-order valence-electron chi connectivity index (χ3n) is 5.26. The van der Waals surface area contributed by atoms with Crippen molar-refractivity contribution in [1.82, 2.24) is 4.31 Å². The molecular weight excluding hydrogens is 396 g/mol. The number of benzene rings is 2. The summed E-state index contributed by atoms with van der Waals surface area (Å²) in [5.74, 6) is 0. The van der Waals surface area contributed by atoms with Gasteiger partial charge in [0.1, 0.15) is 0 Å². The maximum atomic E-state index is 13.1. The van der Waals surface area contributed by atoms with E-state index in [0.29, 0.717) is 29.9 Å².